The molecule has 1 saturated carbocycles. The lowest BCUT2D eigenvalue weighted by Gasteiger charge is -2.29. The average Bonchev–Trinajstić information content (AvgIpc) is 2.73. The zero-order valence-electron chi connectivity index (χ0n) is 12.6. The minimum atomic E-state index is -3.74. The summed E-state index contributed by atoms with van der Waals surface area (Å²) in [7, 11) is -3.74. The van der Waals surface area contributed by atoms with E-state index in [1.54, 1.807) is 13.8 Å². The van der Waals surface area contributed by atoms with Crippen LogP contribution in [-0.4, -0.2) is 24.2 Å². The molecule has 116 valence electrons. The molecule has 1 aromatic rings. The van der Waals surface area contributed by atoms with E-state index in [1.165, 1.54) is 0 Å². The van der Waals surface area contributed by atoms with Gasteiger partial charge in [0, 0.05) is 0 Å². The Morgan fingerprint density at radius 2 is 1.76 bits per heavy atom. The lowest BCUT2D eigenvalue weighted by atomic mass is 9.86. The van der Waals surface area contributed by atoms with Gasteiger partial charge in [-0.15, -0.1) is 0 Å². The molecule has 0 aromatic carbocycles. The van der Waals surface area contributed by atoms with Gasteiger partial charge < -0.3 is 0 Å². The second kappa shape index (κ2) is 6.16. The summed E-state index contributed by atoms with van der Waals surface area (Å²) < 4.78 is 27.9. The molecular weight excluding hydrogens is 288 g/mol. The number of sulfonamides is 1. The summed E-state index contributed by atoms with van der Waals surface area (Å²) >= 11 is 0. The Balaban J connectivity index is 2.30. The highest BCUT2D eigenvalue weighted by Gasteiger charge is 2.36. The molecule has 0 radical (unpaired) electrons. The third-order valence-electron chi connectivity index (χ3n) is 4.08. The van der Waals surface area contributed by atoms with Gasteiger partial charge in [0.2, 0.25) is 10.0 Å². The Kier molecular flexibility index (Phi) is 4.69. The number of H-pyrrole nitrogens is 1. The van der Waals surface area contributed by atoms with E-state index in [0.717, 1.165) is 32.1 Å². The van der Waals surface area contributed by atoms with Crippen molar-refractivity contribution in [2.45, 2.75) is 69.2 Å². The summed E-state index contributed by atoms with van der Waals surface area (Å²) in [5, 5.41) is 16.2. The van der Waals surface area contributed by atoms with Crippen LogP contribution in [0.3, 0.4) is 0 Å². The Bertz CT molecular complexity index is 615. The summed E-state index contributed by atoms with van der Waals surface area (Å²) in [6.07, 6.45) is 6.15. The summed E-state index contributed by atoms with van der Waals surface area (Å²) in [5.74, 6) is 0. The molecule has 6 nitrogen and oxygen atoms in total. The second-order valence-corrected chi connectivity index (χ2v) is 7.45. The molecule has 0 bridgehead atoms. The molecule has 2 N–H and O–H groups in total. The van der Waals surface area contributed by atoms with Gasteiger partial charge in [0.15, 0.2) is 0 Å². The van der Waals surface area contributed by atoms with Crippen LogP contribution in [0.25, 0.3) is 0 Å². The number of rotatable bonds is 3. The van der Waals surface area contributed by atoms with Gasteiger partial charge in [-0.1, -0.05) is 32.1 Å². The van der Waals surface area contributed by atoms with Crippen LogP contribution in [-0.2, 0) is 10.0 Å². The van der Waals surface area contributed by atoms with Crippen molar-refractivity contribution in [3.05, 3.63) is 11.4 Å². The van der Waals surface area contributed by atoms with E-state index in [4.69, 9.17) is 0 Å². The van der Waals surface area contributed by atoms with Gasteiger partial charge in [0.05, 0.1) is 17.5 Å². The molecule has 1 aliphatic carbocycles. The third-order valence-corrected chi connectivity index (χ3v) is 5.88. The van der Waals surface area contributed by atoms with Crippen LogP contribution in [0.15, 0.2) is 4.90 Å². The van der Waals surface area contributed by atoms with E-state index in [9.17, 15) is 13.7 Å². The van der Waals surface area contributed by atoms with Gasteiger partial charge in [-0.2, -0.15) is 15.1 Å². The number of nitriles is 1. The number of aryl methyl sites for hydroxylation is 2. The van der Waals surface area contributed by atoms with Crippen molar-refractivity contribution in [3.8, 4) is 6.07 Å². The third kappa shape index (κ3) is 3.44. The van der Waals surface area contributed by atoms with Crippen LogP contribution >= 0.6 is 0 Å². The van der Waals surface area contributed by atoms with Crippen molar-refractivity contribution in [2.75, 3.05) is 0 Å². The predicted octanol–water partition coefficient (Wildman–Crippen LogP) is 2.31. The zero-order valence-corrected chi connectivity index (χ0v) is 13.4. The van der Waals surface area contributed by atoms with Crippen molar-refractivity contribution in [1.82, 2.24) is 14.9 Å². The lowest BCUT2D eigenvalue weighted by molar-refractivity contribution is 0.357. The molecule has 1 fully saturated rings. The normalized spacial score (nSPS) is 19.5. The first-order valence-electron chi connectivity index (χ1n) is 7.37. The maximum atomic E-state index is 12.6. The maximum absolute atomic E-state index is 12.6. The summed E-state index contributed by atoms with van der Waals surface area (Å²) in [5.41, 5.74) is -0.0621. The molecule has 2 rings (SSSR count). The van der Waals surface area contributed by atoms with Crippen molar-refractivity contribution >= 4 is 10.0 Å². The Morgan fingerprint density at radius 3 is 2.24 bits per heavy atom. The molecule has 7 heteroatoms. The topological polar surface area (TPSA) is 98.6 Å². The highest BCUT2D eigenvalue weighted by molar-refractivity contribution is 7.89. The van der Waals surface area contributed by atoms with E-state index in [2.05, 4.69) is 21.0 Å². The smallest absolute Gasteiger partial charge is 0.245 e. The summed E-state index contributed by atoms with van der Waals surface area (Å²) in [6.45, 7) is 3.32. The molecular formula is C14H22N4O2S. The van der Waals surface area contributed by atoms with Gasteiger partial charge in [0.25, 0.3) is 0 Å². The van der Waals surface area contributed by atoms with Gasteiger partial charge in [-0.05, 0) is 26.7 Å². The largest absolute Gasteiger partial charge is 0.281 e. The molecule has 1 aliphatic rings. The first kappa shape index (κ1) is 16.0. The molecule has 21 heavy (non-hydrogen) atoms. The quantitative estimate of drug-likeness (QED) is 0.895. The number of aromatic amines is 1. The number of hydrogen-bond donors (Lipinski definition) is 2. The molecule has 1 aromatic heterocycles. The van der Waals surface area contributed by atoms with E-state index in [0.29, 0.717) is 24.2 Å². The minimum Gasteiger partial charge on any atom is -0.281 e. The van der Waals surface area contributed by atoms with Crippen molar-refractivity contribution in [2.24, 2.45) is 0 Å². The molecule has 0 unspecified atom stereocenters. The van der Waals surface area contributed by atoms with Crippen molar-refractivity contribution in [3.63, 3.8) is 0 Å². The number of nitrogens with one attached hydrogen (secondary N) is 2. The SMILES string of the molecule is Cc1n[nH]c(C)c1S(=O)(=O)NC1(C#N)CCCCCCC1. The van der Waals surface area contributed by atoms with E-state index in [1.807, 2.05) is 0 Å². The standard InChI is InChI=1S/C14H22N4O2S/c1-11-13(12(2)17-16-11)21(19,20)18-14(10-15)8-6-4-3-5-7-9-14/h18H,3-9H2,1-2H3,(H,16,17). The molecule has 1 heterocycles. The van der Waals surface area contributed by atoms with Crippen LogP contribution in [0.2, 0.25) is 0 Å². The van der Waals surface area contributed by atoms with Crippen molar-refractivity contribution in [1.29, 1.82) is 5.26 Å². The second-order valence-electron chi connectivity index (χ2n) is 5.83. The fraction of sp³-hybridized carbons (Fsp3) is 0.714. The number of aromatic nitrogens is 2. The van der Waals surface area contributed by atoms with Gasteiger partial charge in [0.1, 0.15) is 10.4 Å². The number of hydrogen-bond acceptors (Lipinski definition) is 4. The highest BCUT2D eigenvalue weighted by atomic mass is 32.2. The van der Waals surface area contributed by atoms with Gasteiger partial charge in [-0.25, -0.2) is 8.42 Å². The maximum Gasteiger partial charge on any atom is 0.245 e. The molecule has 0 spiro atoms. The summed E-state index contributed by atoms with van der Waals surface area (Å²) in [6, 6.07) is 2.22. The van der Waals surface area contributed by atoms with Gasteiger partial charge in [-0.3, -0.25) is 5.10 Å². The van der Waals surface area contributed by atoms with Gasteiger partial charge >= 0.3 is 0 Å². The average molecular weight is 310 g/mol. The van der Waals surface area contributed by atoms with Crippen LogP contribution in [0, 0.1) is 25.2 Å². The van der Waals surface area contributed by atoms with Crippen LogP contribution < -0.4 is 4.72 Å². The number of nitrogens with zero attached hydrogens (tertiary/aromatic N) is 2. The Labute approximate surface area is 126 Å². The van der Waals surface area contributed by atoms with E-state index >= 15 is 0 Å². The lowest BCUT2D eigenvalue weighted by Crippen LogP contribution is -2.47. The summed E-state index contributed by atoms with van der Waals surface area (Å²) in [4.78, 5) is 0.166. The molecule has 0 amide bonds. The highest BCUT2D eigenvalue weighted by Crippen LogP contribution is 2.28. The Morgan fingerprint density at radius 1 is 1.19 bits per heavy atom. The molecule has 0 saturated heterocycles. The van der Waals surface area contributed by atoms with E-state index < -0.39 is 15.6 Å². The fourth-order valence-corrected chi connectivity index (χ4v) is 4.74. The van der Waals surface area contributed by atoms with Crippen LogP contribution in [0.4, 0.5) is 0 Å². The van der Waals surface area contributed by atoms with Crippen LogP contribution in [0.1, 0.15) is 56.3 Å². The predicted molar refractivity (Wildman–Crippen MR) is 79.0 cm³/mol. The minimum absolute atomic E-state index is 0.166. The molecule has 0 aliphatic heterocycles. The van der Waals surface area contributed by atoms with Crippen LogP contribution in [0.5, 0.6) is 0 Å². The van der Waals surface area contributed by atoms with Crippen molar-refractivity contribution < 1.29 is 8.42 Å². The first-order chi connectivity index (χ1) is 9.90. The fourth-order valence-electron chi connectivity index (χ4n) is 2.99. The molecule has 0 atom stereocenters. The monoisotopic (exact) mass is 310 g/mol. The zero-order chi connectivity index (χ0) is 15.5. The van der Waals surface area contributed by atoms with E-state index in [-0.39, 0.29) is 4.90 Å². The first-order valence-corrected chi connectivity index (χ1v) is 8.85. The Hall–Kier alpha value is -1.39.